The second-order valence-corrected chi connectivity index (χ2v) is 8.97. The lowest BCUT2D eigenvalue weighted by Crippen LogP contribution is -2.44. The van der Waals surface area contributed by atoms with Crippen molar-refractivity contribution in [1.29, 1.82) is 0 Å². The van der Waals surface area contributed by atoms with Gasteiger partial charge >= 0.3 is 24.1 Å². The molecule has 4 amide bonds. The molecule has 0 fully saturated rings. The van der Waals surface area contributed by atoms with Crippen LogP contribution in [0.1, 0.15) is 80.1 Å². The standard InChI is InChI=1S/C21H31N3O8/c1-11-12(9-10-13(25)30-8)15(22-14(11)17(27)31-20(2,3)4)16(26)23-18(28)24-19(29)32-21(5,6)7/h22H,9-10H2,1-8H3,(H2,23,24,26,28,29). The maximum absolute atomic E-state index is 12.7. The number of aromatic amines is 1. The fraction of sp³-hybridized carbons (Fsp3) is 0.571. The molecule has 1 heterocycles. The van der Waals surface area contributed by atoms with Crippen LogP contribution in [0.15, 0.2) is 0 Å². The average Bonchev–Trinajstić information content (AvgIpc) is 2.92. The minimum absolute atomic E-state index is 0.0116. The Morgan fingerprint density at radius 3 is 1.94 bits per heavy atom. The van der Waals surface area contributed by atoms with Crippen LogP contribution in [0.25, 0.3) is 0 Å². The third kappa shape index (κ3) is 8.40. The Bertz CT molecular complexity index is 903. The van der Waals surface area contributed by atoms with Crippen LogP contribution in [0, 0.1) is 6.92 Å². The molecular weight excluding hydrogens is 422 g/mol. The van der Waals surface area contributed by atoms with E-state index in [1.807, 2.05) is 10.6 Å². The van der Waals surface area contributed by atoms with E-state index in [2.05, 4.69) is 9.72 Å². The quantitative estimate of drug-likeness (QED) is 0.454. The van der Waals surface area contributed by atoms with E-state index in [0.717, 1.165) is 0 Å². The van der Waals surface area contributed by atoms with Gasteiger partial charge in [0.2, 0.25) is 0 Å². The first-order chi connectivity index (χ1) is 14.5. The van der Waals surface area contributed by atoms with Crippen molar-refractivity contribution < 1.29 is 38.2 Å². The van der Waals surface area contributed by atoms with E-state index in [9.17, 15) is 24.0 Å². The highest BCUT2D eigenvalue weighted by Crippen LogP contribution is 2.23. The first kappa shape index (κ1) is 26.7. The molecule has 0 saturated heterocycles. The van der Waals surface area contributed by atoms with Crippen LogP contribution in [0.2, 0.25) is 0 Å². The number of rotatable bonds is 5. The van der Waals surface area contributed by atoms with Gasteiger partial charge in [0.05, 0.1) is 7.11 Å². The van der Waals surface area contributed by atoms with Gasteiger partial charge in [0.15, 0.2) is 0 Å². The van der Waals surface area contributed by atoms with E-state index in [1.54, 1.807) is 48.5 Å². The number of aromatic nitrogens is 1. The summed E-state index contributed by atoms with van der Waals surface area (Å²) in [6.45, 7) is 11.5. The molecule has 0 spiro atoms. The highest BCUT2D eigenvalue weighted by molar-refractivity contribution is 6.08. The van der Waals surface area contributed by atoms with Crippen molar-refractivity contribution in [3.05, 3.63) is 22.5 Å². The summed E-state index contributed by atoms with van der Waals surface area (Å²) in [5.74, 6) is -2.13. The van der Waals surface area contributed by atoms with E-state index in [1.165, 1.54) is 7.11 Å². The third-order valence-corrected chi connectivity index (χ3v) is 3.86. The van der Waals surface area contributed by atoms with Gasteiger partial charge in [-0.05, 0) is 66.0 Å². The van der Waals surface area contributed by atoms with Crippen molar-refractivity contribution in [2.24, 2.45) is 0 Å². The predicted octanol–water partition coefficient (Wildman–Crippen LogP) is 2.76. The summed E-state index contributed by atoms with van der Waals surface area (Å²) in [7, 11) is 1.23. The molecule has 0 aliphatic rings. The number of H-pyrrole nitrogens is 1. The lowest BCUT2D eigenvalue weighted by molar-refractivity contribution is -0.140. The van der Waals surface area contributed by atoms with Gasteiger partial charge in [0.25, 0.3) is 5.91 Å². The molecule has 0 saturated carbocycles. The Labute approximate surface area is 186 Å². The molecule has 0 radical (unpaired) electrons. The fourth-order valence-corrected chi connectivity index (χ4v) is 2.59. The van der Waals surface area contributed by atoms with E-state index < -0.39 is 41.2 Å². The number of methoxy groups -OCH3 is 1. The van der Waals surface area contributed by atoms with Crippen LogP contribution in [-0.2, 0) is 25.4 Å². The molecule has 11 nitrogen and oxygen atoms in total. The topological polar surface area (TPSA) is 153 Å². The van der Waals surface area contributed by atoms with Gasteiger partial charge in [-0.3, -0.25) is 14.9 Å². The Balaban J connectivity index is 3.14. The molecule has 0 atom stereocenters. The monoisotopic (exact) mass is 453 g/mol. The largest absolute Gasteiger partial charge is 0.469 e. The lowest BCUT2D eigenvalue weighted by Gasteiger charge is -2.19. The smallest absolute Gasteiger partial charge is 0.415 e. The number of amides is 4. The molecule has 0 bridgehead atoms. The number of nitrogens with one attached hydrogen (secondary N) is 3. The molecule has 1 aromatic rings. The number of alkyl carbamates (subject to hydrolysis) is 1. The number of carbonyl (C=O) groups excluding carboxylic acids is 5. The first-order valence-electron chi connectivity index (χ1n) is 9.91. The van der Waals surface area contributed by atoms with Gasteiger partial charge in [0, 0.05) is 6.42 Å². The van der Waals surface area contributed by atoms with E-state index in [4.69, 9.17) is 9.47 Å². The molecule has 1 aromatic heterocycles. The van der Waals surface area contributed by atoms with Crippen LogP contribution < -0.4 is 10.6 Å². The normalized spacial score (nSPS) is 11.4. The minimum Gasteiger partial charge on any atom is -0.469 e. The molecule has 0 aliphatic carbocycles. The zero-order valence-electron chi connectivity index (χ0n) is 19.7. The van der Waals surface area contributed by atoms with Crippen LogP contribution in [0.5, 0.6) is 0 Å². The molecule has 11 heteroatoms. The number of ether oxygens (including phenoxy) is 3. The third-order valence-electron chi connectivity index (χ3n) is 3.86. The summed E-state index contributed by atoms with van der Waals surface area (Å²) in [5, 5.41) is 3.87. The lowest BCUT2D eigenvalue weighted by atomic mass is 10.0. The Morgan fingerprint density at radius 2 is 1.44 bits per heavy atom. The maximum atomic E-state index is 12.7. The van der Waals surface area contributed by atoms with E-state index in [0.29, 0.717) is 11.1 Å². The number of hydrogen-bond donors (Lipinski definition) is 3. The minimum atomic E-state index is -1.12. The summed E-state index contributed by atoms with van der Waals surface area (Å²) in [4.78, 5) is 63.3. The zero-order chi connectivity index (χ0) is 24.9. The van der Waals surface area contributed by atoms with Crippen LogP contribution in [-0.4, -0.2) is 53.3 Å². The number of esters is 2. The first-order valence-corrected chi connectivity index (χ1v) is 9.91. The Morgan fingerprint density at radius 1 is 0.875 bits per heavy atom. The van der Waals surface area contributed by atoms with Crippen molar-refractivity contribution in [2.45, 2.75) is 72.5 Å². The van der Waals surface area contributed by atoms with E-state index >= 15 is 0 Å². The maximum Gasteiger partial charge on any atom is 0.415 e. The highest BCUT2D eigenvalue weighted by atomic mass is 16.6. The summed E-state index contributed by atoms with van der Waals surface area (Å²) in [6.07, 6.45) is -1.03. The molecular formula is C21H31N3O8. The summed E-state index contributed by atoms with van der Waals surface area (Å²) in [5.41, 5.74) is -1.01. The predicted molar refractivity (Wildman–Crippen MR) is 113 cm³/mol. The number of urea groups is 1. The fourth-order valence-electron chi connectivity index (χ4n) is 2.59. The van der Waals surface area contributed by atoms with Crippen molar-refractivity contribution in [2.75, 3.05) is 7.11 Å². The second kappa shape index (κ2) is 10.3. The highest BCUT2D eigenvalue weighted by Gasteiger charge is 2.28. The van der Waals surface area contributed by atoms with Gasteiger partial charge in [-0.15, -0.1) is 0 Å². The van der Waals surface area contributed by atoms with Crippen molar-refractivity contribution in [3.63, 3.8) is 0 Å². The van der Waals surface area contributed by atoms with Gasteiger partial charge < -0.3 is 19.2 Å². The van der Waals surface area contributed by atoms with Crippen molar-refractivity contribution >= 4 is 30.0 Å². The van der Waals surface area contributed by atoms with Crippen LogP contribution >= 0.6 is 0 Å². The number of carbonyl (C=O) groups is 5. The summed E-state index contributed by atoms with van der Waals surface area (Å²) >= 11 is 0. The summed E-state index contributed by atoms with van der Waals surface area (Å²) < 4.78 is 14.9. The number of hydrogen-bond acceptors (Lipinski definition) is 8. The van der Waals surface area contributed by atoms with Crippen molar-refractivity contribution in [1.82, 2.24) is 15.6 Å². The zero-order valence-corrected chi connectivity index (χ0v) is 19.7. The van der Waals surface area contributed by atoms with Gasteiger partial charge in [-0.25, -0.2) is 19.7 Å². The Kier molecular flexibility index (Phi) is 8.58. The second-order valence-electron chi connectivity index (χ2n) is 8.97. The molecule has 0 aromatic carbocycles. The molecule has 0 unspecified atom stereocenters. The molecule has 178 valence electrons. The van der Waals surface area contributed by atoms with Gasteiger partial charge in [0.1, 0.15) is 22.6 Å². The molecule has 0 aliphatic heterocycles. The van der Waals surface area contributed by atoms with Gasteiger partial charge in [-0.2, -0.15) is 0 Å². The van der Waals surface area contributed by atoms with Crippen LogP contribution in [0.3, 0.4) is 0 Å². The summed E-state index contributed by atoms with van der Waals surface area (Å²) in [6, 6.07) is -1.12. The van der Waals surface area contributed by atoms with Crippen LogP contribution in [0.4, 0.5) is 9.59 Å². The Hall–Kier alpha value is -3.37. The number of imide groups is 2. The SMILES string of the molecule is COC(=O)CCc1c(C(=O)NC(=O)NC(=O)OC(C)(C)C)[nH]c(C(=O)OC(C)(C)C)c1C. The molecule has 3 N–H and O–H groups in total. The molecule has 1 rings (SSSR count). The average molecular weight is 453 g/mol. The van der Waals surface area contributed by atoms with E-state index in [-0.39, 0.29) is 24.2 Å². The van der Waals surface area contributed by atoms with Crippen molar-refractivity contribution in [3.8, 4) is 0 Å². The van der Waals surface area contributed by atoms with Gasteiger partial charge in [-0.1, -0.05) is 0 Å². The molecule has 32 heavy (non-hydrogen) atoms.